The van der Waals surface area contributed by atoms with E-state index in [4.69, 9.17) is 14.5 Å². The number of nitrogens with one attached hydrogen (secondary N) is 2. The first kappa shape index (κ1) is 25.4. The van der Waals surface area contributed by atoms with E-state index in [0.29, 0.717) is 29.2 Å². The Kier molecular flexibility index (Phi) is 8.73. The van der Waals surface area contributed by atoms with Gasteiger partial charge in [0.05, 0.1) is 24.7 Å². The second kappa shape index (κ2) is 12.4. The number of hydrogen-bond acceptors (Lipinski definition) is 6. The van der Waals surface area contributed by atoms with Gasteiger partial charge in [-0.3, -0.25) is 4.79 Å². The van der Waals surface area contributed by atoms with E-state index in [1.807, 2.05) is 28.8 Å². The third-order valence-electron chi connectivity index (χ3n) is 6.48. The summed E-state index contributed by atoms with van der Waals surface area (Å²) in [6, 6.07) is 12.2. The lowest BCUT2D eigenvalue weighted by molar-refractivity contribution is -0.119. The molecular weight excluding hydrogens is 456 g/mol. The van der Waals surface area contributed by atoms with E-state index in [-0.39, 0.29) is 18.2 Å². The molecule has 2 aromatic heterocycles. The second-order valence-electron chi connectivity index (χ2n) is 9.06. The number of aromatic nitrogens is 2. The largest absolute Gasteiger partial charge is 0.464 e. The molecule has 1 aromatic carbocycles. The minimum Gasteiger partial charge on any atom is -0.464 e. The molecule has 190 valence electrons. The number of pyridine rings is 1. The van der Waals surface area contributed by atoms with Gasteiger partial charge in [-0.15, -0.1) is 0 Å². The Hall–Kier alpha value is -3.65. The molecule has 0 bridgehead atoms. The lowest BCUT2D eigenvalue weighted by Gasteiger charge is -2.18. The second-order valence-corrected chi connectivity index (χ2v) is 9.06. The number of anilines is 2. The topological polar surface area (TPSA) is 94.5 Å². The van der Waals surface area contributed by atoms with Crippen molar-refractivity contribution in [3.63, 3.8) is 0 Å². The molecule has 36 heavy (non-hydrogen) atoms. The first-order valence-corrected chi connectivity index (χ1v) is 12.4. The summed E-state index contributed by atoms with van der Waals surface area (Å²) in [6.45, 7) is 1.26. The molecule has 1 amide bonds. The Morgan fingerprint density at radius 2 is 2.00 bits per heavy atom. The quantitative estimate of drug-likeness (QED) is 0.296. The summed E-state index contributed by atoms with van der Waals surface area (Å²) in [5.74, 6) is -0.304. The number of nitrogens with zero attached hydrogens (tertiary/aromatic N) is 2. The minimum atomic E-state index is -0.524. The Labute approximate surface area is 211 Å². The molecule has 0 saturated carbocycles. The van der Waals surface area contributed by atoms with Gasteiger partial charge in [0.15, 0.2) is 5.69 Å². The van der Waals surface area contributed by atoms with E-state index in [9.17, 15) is 9.59 Å². The van der Waals surface area contributed by atoms with Crippen molar-refractivity contribution >= 4 is 34.3 Å². The van der Waals surface area contributed by atoms with Crippen molar-refractivity contribution in [3.05, 3.63) is 66.0 Å². The fraction of sp³-hybridized carbons (Fsp3) is 0.393. The summed E-state index contributed by atoms with van der Waals surface area (Å²) >= 11 is 0. The van der Waals surface area contributed by atoms with Crippen LogP contribution in [-0.2, 0) is 27.2 Å². The lowest BCUT2D eigenvalue weighted by atomic mass is 9.94. The number of rotatable bonds is 11. The number of amides is 1. The predicted molar refractivity (Wildman–Crippen MR) is 141 cm³/mol. The Bertz CT molecular complexity index is 1220. The first-order chi connectivity index (χ1) is 17.6. The van der Waals surface area contributed by atoms with E-state index in [1.54, 1.807) is 6.20 Å². The average Bonchev–Trinajstić information content (AvgIpc) is 3.20. The van der Waals surface area contributed by atoms with Crippen molar-refractivity contribution in [3.8, 4) is 0 Å². The number of aryl methyl sites for hydroxylation is 2. The van der Waals surface area contributed by atoms with E-state index in [2.05, 4.69) is 34.9 Å². The summed E-state index contributed by atoms with van der Waals surface area (Å²) in [7, 11) is 2.80. The van der Waals surface area contributed by atoms with Gasteiger partial charge in [-0.2, -0.15) is 0 Å². The molecule has 8 nitrogen and oxygen atoms in total. The highest BCUT2D eigenvalue weighted by Crippen LogP contribution is 2.33. The van der Waals surface area contributed by atoms with Crippen LogP contribution in [0, 0.1) is 5.92 Å². The van der Waals surface area contributed by atoms with Crippen LogP contribution >= 0.6 is 0 Å². The van der Waals surface area contributed by atoms with Gasteiger partial charge in [0.25, 0.3) is 0 Å². The zero-order valence-electron chi connectivity index (χ0n) is 21.0. The normalized spacial score (nSPS) is 15.1. The smallest absolute Gasteiger partial charge is 0.356 e. The predicted octanol–water partition coefficient (Wildman–Crippen LogP) is 4.81. The molecule has 0 saturated heterocycles. The summed E-state index contributed by atoms with van der Waals surface area (Å²) in [4.78, 5) is 30.2. The molecule has 2 N–H and O–H groups in total. The summed E-state index contributed by atoms with van der Waals surface area (Å²) in [5, 5.41) is 7.05. The highest BCUT2D eigenvalue weighted by atomic mass is 16.5. The maximum absolute atomic E-state index is 12.9. The van der Waals surface area contributed by atoms with Gasteiger partial charge in [-0.05, 0) is 49.7 Å². The van der Waals surface area contributed by atoms with Crippen molar-refractivity contribution < 1.29 is 19.1 Å². The maximum Gasteiger partial charge on any atom is 0.356 e. The van der Waals surface area contributed by atoms with Gasteiger partial charge in [-0.25, -0.2) is 9.78 Å². The Morgan fingerprint density at radius 3 is 2.72 bits per heavy atom. The number of carbonyl (C=O) groups is 2. The summed E-state index contributed by atoms with van der Waals surface area (Å²) in [5.41, 5.74) is 3.38. The average molecular weight is 491 g/mol. The zero-order chi connectivity index (χ0) is 25.3. The van der Waals surface area contributed by atoms with Crippen molar-refractivity contribution in [2.45, 2.75) is 38.6 Å². The van der Waals surface area contributed by atoms with E-state index in [1.165, 1.54) is 19.8 Å². The Morgan fingerprint density at radius 1 is 1.17 bits per heavy atom. The molecule has 4 rings (SSSR count). The monoisotopic (exact) mass is 490 g/mol. The van der Waals surface area contributed by atoms with Crippen LogP contribution in [0.1, 0.15) is 41.7 Å². The van der Waals surface area contributed by atoms with Gasteiger partial charge in [-0.1, -0.05) is 42.5 Å². The number of allylic oxidation sites excluding steroid dienone is 2. The van der Waals surface area contributed by atoms with Gasteiger partial charge >= 0.3 is 5.97 Å². The fourth-order valence-electron chi connectivity index (χ4n) is 4.67. The van der Waals surface area contributed by atoms with Crippen molar-refractivity contribution in [2.75, 3.05) is 38.0 Å². The number of esters is 1. The highest BCUT2D eigenvalue weighted by molar-refractivity contribution is 6.11. The molecule has 0 spiro atoms. The molecular formula is C28H34N4O4. The van der Waals surface area contributed by atoms with Gasteiger partial charge < -0.3 is 24.7 Å². The molecule has 1 aliphatic carbocycles. The molecule has 0 fully saturated rings. The summed E-state index contributed by atoms with van der Waals surface area (Å²) < 4.78 is 12.0. The highest BCUT2D eigenvalue weighted by Gasteiger charge is 2.26. The maximum atomic E-state index is 12.9. The van der Waals surface area contributed by atoms with Crippen LogP contribution in [0.5, 0.6) is 0 Å². The van der Waals surface area contributed by atoms with Crippen LogP contribution in [0.4, 0.5) is 11.4 Å². The van der Waals surface area contributed by atoms with Crippen molar-refractivity contribution in [1.29, 1.82) is 0 Å². The molecule has 1 atom stereocenters. The van der Waals surface area contributed by atoms with Gasteiger partial charge in [0.1, 0.15) is 12.3 Å². The lowest BCUT2D eigenvalue weighted by Crippen LogP contribution is -2.20. The number of fused-ring (bicyclic) bond motifs is 1. The molecule has 0 radical (unpaired) electrons. The molecule has 1 unspecified atom stereocenters. The third-order valence-corrected chi connectivity index (χ3v) is 6.48. The molecule has 8 heteroatoms. The van der Waals surface area contributed by atoms with Crippen LogP contribution < -0.4 is 10.6 Å². The van der Waals surface area contributed by atoms with Crippen LogP contribution in [0.3, 0.4) is 0 Å². The third kappa shape index (κ3) is 6.12. The number of carbonyl (C=O) groups excluding carboxylic acids is 2. The molecule has 3 aromatic rings. The van der Waals surface area contributed by atoms with Crippen LogP contribution in [0.25, 0.3) is 11.0 Å². The van der Waals surface area contributed by atoms with Crippen molar-refractivity contribution in [1.82, 2.24) is 9.55 Å². The van der Waals surface area contributed by atoms with Crippen LogP contribution in [0.2, 0.25) is 0 Å². The van der Waals surface area contributed by atoms with Crippen LogP contribution in [-0.4, -0.2) is 48.8 Å². The van der Waals surface area contributed by atoms with Crippen LogP contribution in [0.15, 0.2) is 54.7 Å². The molecule has 0 aliphatic heterocycles. The number of hydrogen-bond donors (Lipinski definition) is 2. The zero-order valence-corrected chi connectivity index (χ0v) is 21.0. The molecule has 2 heterocycles. The number of ether oxygens (including phenoxy) is 2. The van der Waals surface area contributed by atoms with Crippen molar-refractivity contribution in [2.24, 2.45) is 5.92 Å². The first-order valence-electron chi connectivity index (χ1n) is 12.4. The molecule has 1 aliphatic rings. The number of methoxy groups -OCH3 is 2. The number of benzene rings is 1. The van der Waals surface area contributed by atoms with E-state index in [0.717, 1.165) is 44.3 Å². The summed E-state index contributed by atoms with van der Waals surface area (Å²) in [6.07, 6.45) is 11.2. The van der Waals surface area contributed by atoms with Gasteiger partial charge in [0, 0.05) is 25.6 Å². The Balaban J connectivity index is 1.67. The minimum absolute atomic E-state index is 0.123. The van der Waals surface area contributed by atoms with E-state index < -0.39 is 5.97 Å². The van der Waals surface area contributed by atoms with Gasteiger partial charge in [0.2, 0.25) is 5.91 Å². The standard InChI is InChI=1S/C28H34N4O4/c1-35-19-24(33)31-25-23-16-22(29-17-21-12-7-4-8-13-21)18-30-27(23)32(26(25)28(34)36-2)15-9-14-20-10-5-3-6-11-20/h3-7,10-11,16,18,21,29H,8-9,12-15,17,19H2,1-2H3,(H,31,33). The SMILES string of the molecule is COCC(=O)Nc1c(C(=O)OC)n(CCCc2ccccc2)c2ncc(NCC3CC=CCC3)cc12. The van der Waals surface area contributed by atoms with E-state index >= 15 is 0 Å². The fourth-order valence-corrected chi connectivity index (χ4v) is 4.67.